The highest BCUT2D eigenvalue weighted by atomic mass is 35.5. The molecule has 0 aliphatic carbocycles. The average molecular weight is 196 g/mol. The Hall–Kier alpha value is -0.530. The third-order valence-electron chi connectivity index (χ3n) is 2.69. The first-order valence-corrected chi connectivity index (χ1v) is 5.12. The second-order valence-electron chi connectivity index (χ2n) is 3.79. The highest BCUT2D eigenvalue weighted by molar-refractivity contribution is 6.30. The molecular weight excluding hydrogens is 182 g/mol. The highest BCUT2D eigenvalue weighted by Crippen LogP contribution is 2.26. The normalized spacial score (nSPS) is 27.8. The molecule has 2 atom stereocenters. The summed E-state index contributed by atoms with van der Waals surface area (Å²) in [6.07, 6.45) is 1.24. The summed E-state index contributed by atoms with van der Waals surface area (Å²) in [6.45, 7) is 3.33. The van der Waals surface area contributed by atoms with Crippen molar-refractivity contribution in [1.82, 2.24) is 5.32 Å². The maximum Gasteiger partial charge on any atom is 0.0406 e. The topological polar surface area (TPSA) is 12.0 Å². The maximum atomic E-state index is 5.83. The minimum atomic E-state index is 0.653. The Morgan fingerprint density at radius 1 is 1.31 bits per heavy atom. The van der Waals surface area contributed by atoms with E-state index < -0.39 is 0 Å². The Morgan fingerprint density at radius 2 is 2.00 bits per heavy atom. The minimum absolute atomic E-state index is 0.653. The molecule has 1 aromatic carbocycles. The Kier molecular flexibility index (Phi) is 2.56. The molecule has 1 heterocycles. The number of halogens is 1. The SMILES string of the molecule is CC1CC(c2ccc(Cl)cc2)CN1. The molecule has 13 heavy (non-hydrogen) atoms. The molecule has 0 spiro atoms. The van der Waals surface area contributed by atoms with Gasteiger partial charge in [-0.15, -0.1) is 0 Å². The van der Waals surface area contributed by atoms with Gasteiger partial charge in [-0.05, 0) is 37.0 Å². The van der Waals surface area contributed by atoms with Crippen molar-refractivity contribution in [3.05, 3.63) is 34.9 Å². The fraction of sp³-hybridized carbons (Fsp3) is 0.455. The molecule has 1 fully saturated rings. The van der Waals surface area contributed by atoms with E-state index in [-0.39, 0.29) is 0 Å². The van der Waals surface area contributed by atoms with Crippen molar-refractivity contribution in [1.29, 1.82) is 0 Å². The van der Waals surface area contributed by atoms with Crippen LogP contribution >= 0.6 is 11.6 Å². The van der Waals surface area contributed by atoms with Gasteiger partial charge in [0.1, 0.15) is 0 Å². The molecule has 2 heteroatoms. The third kappa shape index (κ3) is 2.04. The van der Waals surface area contributed by atoms with Gasteiger partial charge in [-0.3, -0.25) is 0 Å². The third-order valence-corrected chi connectivity index (χ3v) is 2.94. The lowest BCUT2D eigenvalue weighted by atomic mass is 9.97. The van der Waals surface area contributed by atoms with Crippen molar-refractivity contribution in [2.75, 3.05) is 6.54 Å². The van der Waals surface area contributed by atoms with E-state index in [2.05, 4.69) is 24.4 Å². The number of hydrogen-bond donors (Lipinski definition) is 1. The lowest BCUT2D eigenvalue weighted by molar-refractivity contribution is 0.658. The summed E-state index contributed by atoms with van der Waals surface area (Å²) in [7, 11) is 0. The van der Waals surface area contributed by atoms with Gasteiger partial charge in [-0.25, -0.2) is 0 Å². The fourth-order valence-electron chi connectivity index (χ4n) is 1.93. The van der Waals surface area contributed by atoms with Crippen molar-refractivity contribution in [2.24, 2.45) is 0 Å². The van der Waals surface area contributed by atoms with E-state index in [1.54, 1.807) is 0 Å². The molecule has 0 saturated carbocycles. The molecule has 1 aromatic rings. The van der Waals surface area contributed by atoms with Gasteiger partial charge in [0.05, 0.1) is 0 Å². The van der Waals surface area contributed by atoms with E-state index >= 15 is 0 Å². The van der Waals surface area contributed by atoms with Gasteiger partial charge in [-0.1, -0.05) is 23.7 Å². The van der Waals surface area contributed by atoms with Gasteiger partial charge < -0.3 is 5.32 Å². The number of benzene rings is 1. The fourth-order valence-corrected chi connectivity index (χ4v) is 2.05. The van der Waals surface area contributed by atoms with Crippen molar-refractivity contribution in [3.8, 4) is 0 Å². The Labute approximate surface area is 84.1 Å². The van der Waals surface area contributed by atoms with Crippen LogP contribution in [-0.4, -0.2) is 12.6 Å². The van der Waals surface area contributed by atoms with Crippen LogP contribution in [0.5, 0.6) is 0 Å². The quantitative estimate of drug-likeness (QED) is 0.727. The second-order valence-corrected chi connectivity index (χ2v) is 4.23. The van der Waals surface area contributed by atoms with E-state index in [1.165, 1.54) is 12.0 Å². The molecule has 70 valence electrons. The Balaban J connectivity index is 2.13. The molecular formula is C11H14ClN. The summed E-state index contributed by atoms with van der Waals surface area (Å²) >= 11 is 5.83. The molecule has 2 rings (SSSR count). The summed E-state index contributed by atoms with van der Waals surface area (Å²) in [5, 5.41) is 4.27. The van der Waals surface area contributed by atoms with E-state index in [0.29, 0.717) is 12.0 Å². The van der Waals surface area contributed by atoms with Gasteiger partial charge in [-0.2, -0.15) is 0 Å². The summed E-state index contributed by atoms with van der Waals surface area (Å²) < 4.78 is 0. The number of nitrogens with one attached hydrogen (secondary N) is 1. The highest BCUT2D eigenvalue weighted by Gasteiger charge is 2.21. The van der Waals surface area contributed by atoms with Crippen LogP contribution < -0.4 is 5.32 Å². The van der Waals surface area contributed by atoms with Crippen molar-refractivity contribution in [3.63, 3.8) is 0 Å². The van der Waals surface area contributed by atoms with Crippen molar-refractivity contribution < 1.29 is 0 Å². The van der Waals surface area contributed by atoms with E-state index in [1.807, 2.05) is 12.1 Å². The van der Waals surface area contributed by atoms with E-state index in [4.69, 9.17) is 11.6 Å². The molecule has 0 bridgehead atoms. The van der Waals surface area contributed by atoms with Crippen LogP contribution in [-0.2, 0) is 0 Å². The smallest absolute Gasteiger partial charge is 0.0406 e. The zero-order valence-electron chi connectivity index (χ0n) is 7.76. The van der Waals surface area contributed by atoms with Crippen LogP contribution in [0.15, 0.2) is 24.3 Å². The van der Waals surface area contributed by atoms with Crippen LogP contribution in [0.1, 0.15) is 24.8 Å². The second kappa shape index (κ2) is 3.69. The van der Waals surface area contributed by atoms with E-state index in [0.717, 1.165) is 11.6 Å². The first-order valence-electron chi connectivity index (χ1n) is 4.74. The van der Waals surface area contributed by atoms with Crippen molar-refractivity contribution >= 4 is 11.6 Å². The Morgan fingerprint density at radius 3 is 2.54 bits per heavy atom. The summed E-state index contributed by atoms with van der Waals surface area (Å²) in [5.74, 6) is 0.673. The minimum Gasteiger partial charge on any atom is -0.314 e. The van der Waals surface area contributed by atoms with Crippen LogP contribution in [0.3, 0.4) is 0 Å². The standard InChI is InChI=1S/C11H14ClN/c1-8-6-10(7-13-8)9-2-4-11(12)5-3-9/h2-5,8,10,13H,6-7H2,1H3. The molecule has 1 N–H and O–H groups in total. The van der Waals surface area contributed by atoms with E-state index in [9.17, 15) is 0 Å². The van der Waals surface area contributed by atoms with Crippen molar-refractivity contribution in [2.45, 2.75) is 25.3 Å². The molecule has 1 nitrogen and oxygen atoms in total. The van der Waals surface area contributed by atoms with Gasteiger partial charge >= 0.3 is 0 Å². The molecule has 1 aliphatic heterocycles. The predicted molar refractivity (Wildman–Crippen MR) is 56.3 cm³/mol. The monoisotopic (exact) mass is 195 g/mol. The maximum absolute atomic E-state index is 5.83. The average Bonchev–Trinajstić information content (AvgIpc) is 2.53. The molecule has 2 unspecified atom stereocenters. The van der Waals surface area contributed by atoms with Crippen LogP contribution in [0.25, 0.3) is 0 Å². The first-order chi connectivity index (χ1) is 6.25. The van der Waals surface area contributed by atoms with Crippen LogP contribution in [0.2, 0.25) is 5.02 Å². The van der Waals surface area contributed by atoms with Crippen LogP contribution in [0.4, 0.5) is 0 Å². The van der Waals surface area contributed by atoms with Gasteiger partial charge in [0.25, 0.3) is 0 Å². The van der Waals surface area contributed by atoms with Gasteiger partial charge in [0, 0.05) is 17.6 Å². The number of hydrogen-bond acceptors (Lipinski definition) is 1. The summed E-state index contributed by atoms with van der Waals surface area (Å²) in [4.78, 5) is 0. The molecule has 0 aromatic heterocycles. The largest absolute Gasteiger partial charge is 0.314 e. The summed E-state index contributed by atoms with van der Waals surface area (Å²) in [5.41, 5.74) is 1.40. The van der Waals surface area contributed by atoms with Gasteiger partial charge in [0.2, 0.25) is 0 Å². The Bertz CT molecular complexity index is 281. The molecule has 1 saturated heterocycles. The lowest BCUT2D eigenvalue weighted by Crippen LogP contribution is -2.16. The summed E-state index contributed by atoms with van der Waals surface area (Å²) in [6, 6.07) is 8.86. The van der Waals surface area contributed by atoms with Gasteiger partial charge in [0.15, 0.2) is 0 Å². The van der Waals surface area contributed by atoms with Crippen LogP contribution in [0, 0.1) is 0 Å². The predicted octanol–water partition coefficient (Wildman–Crippen LogP) is 2.81. The number of rotatable bonds is 1. The molecule has 1 aliphatic rings. The molecule has 0 radical (unpaired) electrons. The zero-order valence-corrected chi connectivity index (χ0v) is 8.51. The zero-order chi connectivity index (χ0) is 9.26. The first kappa shape index (κ1) is 9.04. The molecule has 0 amide bonds. The lowest BCUT2D eigenvalue weighted by Gasteiger charge is -2.08.